The lowest BCUT2D eigenvalue weighted by Crippen LogP contribution is -2.32. The molecule has 1 saturated heterocycles. The lowest BCUT2D eigenvalue weighted by atomic mass is 10.0. The van der Waals surface area contributed by atoms with Crippen LogP contribution in [0.25, 0.3) is 5.69 Å². The van der Waals surface area contributed by atoms with Crippen LogP contribution < -0.4 is 9.47 Å². The van der Waals surface area contributed by atoms with Gasteiger partial charge in [-0.2, -0.15) is 0 Å². The average molecular weight is 465 g/mol. The fraction of sp³-hybridized carbons (Fsp3) is 0.400. The van der Waals surface area contributed by atoms with Crippen molar-refractivity contribution in [2.75, 3.05) is 26.5 Å². The highest BCUT2D eigenvalue weighted by molar-refractivity contribution is 7.99. The average Bonchev–Trinajstić information content (AvgIpc) is 3.42. The van der Waals surface area contributed by atoms with Crippen molar-refractivity contribution in [3.63, 3.8) is 0 Å². The molecular weight excluding hydrogens is 436 g/mol. The number of hydrogen-bond donors (Lipinski definition) is 0. The van der Waals surface area contributed by atoms with Gasteiger partial charge in [-0.3, -0.25) is 4.79 Å². The first-order valence-corrected chi connectivity index (χ1v) is 12.3. The first-order chi connectivity index (χ1) is 16.2. The fourth-order valence-electron chi connectivity index (χ4n) is 4.43. The van der Waals surface area contributed by atoms with Gasteiger partial charge in [-0.15, -0.1) is 5.10 Å². The third-order valence-corrected chi connectivity index (χ3v) is 7.07. The van der Waals surface area contributed by atoms with Crippen LogP contribution in [0, 0.1) is 0 Å². The zero-order valence-electron chi connectivity index (χ0n) is 18.9. The Labute approximate surface area is 198 Å². The number of amides is 1. The van der Waals surface area contributed by atoms with E-state index in [4.69, 9.17) is 19.6 Å². The molecule has 0 N–H and O–H groups in total. The summed E-state index contributed by atoms with van der Waals surface area (Å²) in [5.74, 6) is 3.42. The summed E-state index contributed by atoms with van der Waals surface area (Å²) in [6.07, 6.45) is 4.17. The predicted molar refractivity (Wildman–Crippen MR) is 127 cm³/mol. The van der Waals surface area contributed by atoms with Crippen molar-refractivity contribution in [3.05, 3.63) is 59.9 Å². The van der Waals surface area contributed by atoms with Crippen LogP contribution in [0.15, 0.2) is 53.7 Å². The van der Waals surface area contributed by atoms with E-state index in [0.29, 0.717) is 16.8 Å². The first kappa shape index (κ1) is 21.8. The summed E-state index contributed by atoms with van der Waals surface area (Å²) in [4.78, 5) is 20.0. The van der Waals surface area contributed by atoms with E-state index in [1.165, 1.54) is 11.8 Å². The van der Waals surface area contributed by atoms with Gasteiger partial charge in [0, 0.05) is 18.0 Å². The summed E-state index contributed by atoms with van der Waals surface area (Å²) in [6.45, 7) is 0.740. The Morgan fingerprint density at radius 3 is 2.64 bits per heavy atom. The van der Waals surface area contributed by atoms with Crippen LogP contribution >= 0.6 is 11.8 Å². The number of para-hydroxylation sites is 1. The predicted octanol–water partition coefficient (Wildman–Crippen LogP) is 4.62. The molecule has 1 saturated carbocycles. The molecular formula is C25H28N4O3S. The molecule has 0 radical (unpaired) electrons. The number of rotatable bonds is 8. The maximum atomic E-state index is 13.2. The van der Waals surface area contributed by atoms with Gasteiger partial charge in [-0.05, 0) is 56.0 Å². The topological polar surface area (TPSA) is 69.5 Å². The molecule has 2 fully saturated rings. The van der Waals surface area contributed by atoms with Crippen molar-refractivity contribution < 1.29 is 14.3 Å². The Kier molecular flexibility index (Phi) is 6.26. The smallest absolute Gasteiger partial charge is 0.233 e. The Hall–Kier alpha value is -3.00. The van der Waals surface area contributed by atoms with Crippen LogP contribution in [0.2, 0.25) is 0 Å². The molecule has 2 heterocycles. The number of carbonyl (C=O) groups excluding carboxylic acids is 1. The maximum absolute atomic E-state index is 13.2. The molecule has 3 aromatic rings. The van der Waals surface area contributed by atoms with E-state index >= 15 is 0 Å². The lowest BCUT2D eigenvalue weighted by molar-refractivity contribution is -0.129. The minimum absolute atomic E-state index is 0.0139. The largest absolute Gasteiger partial charge is 0.497 e. The second kappa shape index (κ2) is 9.47. The van der Waals surface area contributed by atoms with Crippen molar-refractivity contribution in [3.8, 4) is 17.2 Å². The number of aromatic nitrogens is 3. The monoisotopic (exact) mass is 464 g/mol. The second-order valence-electron chi connectivity index (χ2n) is 8.42. The molecule has 1 aromatic heterocycles. The Bertz CT molecular complexity index is 1130. The van der Waals surface area contributed by atoms with E-state index < -0.39 is 0 Å². The van der Waals surface area contributed by atoms with Crippen LogP contribution in [0.5, 0.6) is 11.5 Å². The number of ether oxygens (including phenoxy) is 2. The van der Waals surface area contributed by atoms with Gasteiger partial charge >= 0.3 is 0 Å². The van der Waals surface area contributed by atoms with E-state index in [1.54, 1.807) is 14.2 Å². The number of likely N-dealkylation sites (tertiary alicyclic amines) is 1. The van der Waals surface area contributed by atoms with Gasteiger partial charge in [0.2, 0.25) is 11.1 Å². The third-order valence-electron chi connectivity index (χ3n) is 6.25. The van der Waals surface area contributed by atoms with Crippen LogP contribution in [0.4, 0.5) is 0 Å². The Morgan fingerprint density at radius 1 is 1.09 bits per heavy atom. The van der Waals surface area contributed by atoms with Crippen molar-refractivity contribution in [2.45, 2.75) is 42.8 Å². The fourth-order valence-corrected chi connectivity index (χ4v) is 5.14. The molecule has 172 valence electrons. The number of benzene rings is 2. The summed E-state index contributed by atoms with van der Waals surface area (Å²) in [6, 6.07) is 15.8. The molecule has 1 aliphatic heterocycles. The summed E-state index contributed by atoms with van der Waals surface area (Å²) in [7, 11) is 3.31. The molecule has 1 aliphatic carbocycles. The van der Waals surface area contributed by atoms with Crippen LogP contribution in [0.3, 0.4) is 0 Å². The van der Waals surface area contributed by atoms with Crippen LogP contribution in [0.1, 0.15) is 49.0 Å². The standard InChI is InChI=1S/C25H28N4O3S/c1-31-19-12-13-22(32-2)20(15-19)21-9-6-14-28(21)23(30)16-33-25-26-24(17-10-11-17)29(27-25)18-7-4-3-5-8-18/h3-5,7-8,12-13,15,17,21H,6,9-11,14,16H2,1-2H3/t21-/m0/s1. The molecule has 0 bridgehead atoms. The summed E-state index contributed by atoms with van der Waals surface area (Å²) >= 11 is 1.41. The normalized spacial score (nSPS) is 17.9. The van der Waals surface area contributed by atoms with E-state index in [-0.39, 0.29) is 11.9 Å². The number of thioether (sulfide) groups is 1. The molecule has 2 aromatic carbocycles. The molecule has 33 heavy (non-hydrogen) atoms. The maximum Gasteiger partial charge on any atom is 0.233 e. The summed E-state index contributed by atoms with van der Waals surface area (Å²) in [5.41, 5.74) is 2.00. The zero-order valence-corrected chi connectivity index (χ0v) is 19.8. The number of nitrogens with zero attached hydrogens (tertiary/aromatic N) is 4. The number of hydrogen-bond acceptors (Lipinski definition) is 6. The number of carbonyl (C=O) groups is 1. The van der Waals surface area contributed by atoms with Gasteiger partial charge in [0.15, 0.2) is 0 Å². The molecule has 2 aliphatic rings. The molecule has 8 heteroatoms. The van der Waals surface area contributed by atoms with Crippen molar-refractivity contribution in [1.29, 1.82) is 0 Å². The van der Waals surface area contributed by atoms with Gasteiger partial charge in [0.25, 0.3) is 0 Å². The Balaban J connectivity index is 1.31. The van der Waals surface area contributed by atoms with Crippen molar-refractivity contribution in [2.24, 2.45) is 0 Å². The second-order valence-corrected chi connectivity index (χ2v) is 9.36. The minimum Gasteiger partial charge on any atom is -0.497 e. The molecule has 5 rings (SSSR count). The minimum atomic E-state index is -0.0139. The summed E-state index contributed by atoms with van der Waals surface area (Å²) in [5, 5.41) is 5.39. The zero-order chi connectivity index (χ0) is 22.8. The first-order valence-electron chi connectivity index (χ1n) is 11.3. The highest BCUT2D eigenvalue weighted by atomic mass is 32.2. The van der Waals surface area contributed by atoms with E-state index in [1.807, 2.05) is 58.1 Å². The molecule has 0 spiro atoms. The highest BCUT2D eigenvalue weighted by Crippen LogP contribution is 2.41. The van der Waals surface area contributed by atoms with Crippen LogP contribution in [-0.2, 0) is 4.79 Å². The third kappa shape index (κ3) is 4.57. The van der Waals surface area contributed by atoms with Gasteiger partial charge in [0.05, 0.1) is 31.7 Å². The van der Waals surface area contributed by atoms with Gasteiger partial charge in [-0.25, -0.2) is 9.67 Å². The lowest BCUT2D eigenvalue weighted by Gasteiger charge is -2.26. The van der Waals surface area contributed by atoms with Gasteiger partial charge in [0.1, 0.15) is 17.3 Å². The van der Waals surface area contributed by atoms with E-state index in [9.17, 15) is 4.79 Å². The van der Waals surface area contributed by atoms with Crippen LogP contribution in [-0.4, -0.2) is 52.1 Å². The van der Waals surface area contributed by atoms with E-state index in [0.717, 1.165) is 60.8 Å². The van der Waals surface area contributed by atoms with Gasteiger partial charge in [-0.1, -0.05) is 30.0 Å². The van der Waals surface area contributed by atoms with Crippen molar-refractivity contribution in [1.82, 2.24) is 19.7 Å². The molecule has 0 unspecified atom stereocenters. The van der Waals surface area contributed by atoms with Crippen molar-refractivity contribution >= 4 is 17.7 Å². The number of methoxy groups -OCH3 is 2. The summed E-state index contributed by atoms with van der Waals surface area (Å²) < 4.78 is 12.9. The SMILES string of the molecule is COc1ccc(OC)c([C@@H]2CCCN2C(=O)CSc2nc(C3CC3)n(-c3ccccc3)n2)c1. The molecule has 1 atom stereocenters. The Morgan fingerprint density at radius 2 is 1.91 bits per heavy atom. The van der Waals surface area contributed by atoms with Gasteiger partial charge < -0.3 is 14.4 Å². The van der Waals surface area contributed by atoms with E-state index in [2.05, 4.69) is 0 Å². The highest BCUT2D eigenvalue weighted by Gasteiger charge is 2.33. The molecule has 7 nitrogen and oxygen atoms in total. The quantitative estimate of drug-likeness (QED) is 0.453. The molecule has 1 amide bonds.